The Morgan fingerprint density at radius 2 is 2.50 bits per heavy atom. The number of aliphatic hydroxyl groups is 1. The second-order valence-corrected chi connectivity index (χ2v) is 3.72. The van der Waals surface area contributed by atoms with Crippen LogP contribution in [0.4, 0.5) is 0 Å². The van der Waals surface area contributed by atoms with Gasteiger partial charge in [-0.15, -0.1) is 16.4 Å². The molecule has 0 aliphatic rings. The van der Waals surface area contributed by atoms with Gasteiger partial charge in [0.15, 0.2) is 0 Å². The number of aromatic nitrogens is 4. The standard InChI is InChI=1S/C8H10N4OS/c1-6(13)8-3-12(11-10-8)2-7-4-14-5-9-7/h3-6,13H,2H2,1H3. The first-order valence-electron chi connectivity index (χ1n) is 4.21. The summed E-state index contributed by atoms with van der Waals surface area (Å²) in [4.78, 5) is 4.13. The van der Waals surface area contributed by atoms with Crippen LogP contribution in [-0.4, -0.2) is 25.1 Å². The van der Waals surface area contributed by atoms with Crippen LogP contribution in [-0.2, 0) is 6.54 Å². The van der Waals surface area contributed by atoms with Crippen molar-refractivity contribution >= 4 is 11.3 Å². The molecule has 1 unspecified atom stereocenters. The number of rotatable bonds is 3. The summed E-state index contributed by atoms with van der Waals surface area (Å²) in [5, 5.41) is 18.9. The second kappa shape index (κ2) is 3.85. The molecule has 0 fully saturated rings. The molecule has 0 amide bonds. The van der Waals surface area contributed by atoms with Gasteiger partial charge in [0.25, 0.3) is 0 Å². The molecule has 2 heterocycles. The van der Waals surface area contributed by atoms with E-state index in [0.29, 0.717) is 12.2 Å². The summed E-state index contributed by atoms with van der Waals surface area (Å²) in [6, 6.07) is 0. The fourth-order valence-corrected chi connectivity index (χ4v) is 1.61. The molecular formula is C8H10N4OS. The molecular weight excluding hydrogens is 200 g/mol. The van der Waals surface area contributed by atoms with Crippen LogP contribution in [0.25, 0.3) is 0 Å². The van der Waals surface area contributed by atoms with Crippen LogP contribution < -0.4 is 0 Å². The van der Waals surface area contributed by atoms with Crippen molar-refractivity contribution in [3.05, 3.63) is 28.5 Å². The van der Waals surface area contributed by atoms with Crippen molar-refractivity contribution in [1.82, 2.24) is 20.0 Å². The van der Waals surface area contributed by atoms with Gasteiger partial charge in [-0.2, -0.15) is 0 Å². The smallest absolute Gasteiger partial charge is 0.111 e. The molecule has 1 N–H and O–H groups in total. The van der Waals surface area contributed by atoms with Gasteiger partial charge >= 0.3 is 0 Å². The first kappa shape index (κ1) is 9.29. The minimum absolute atomic E-state index is 0.570. The van der Waals surface area contributed by atoms with Gasteiger partial charge in [0.2, 0.25) is 0 Å². The maximum atomic E-state index is 9.23. The van der Waals surface area contributed by atoms with Crippen LogP contribution in [0.2, 0.25) is 0 Å². The lowest BCUT2D eigenvalue weighted by atomic mass is 10.3. The molecule has 0 spiro atoms. The third-order valence-electron chi connectivity index (χ3n) is 1.79. The van der Waals surface area contributed by atoms with E-state index in [-0.39, 0.29) is 0 Å². The Balaban J connectivity index is 2.11. The van der Waals surface area contributed by atoms with E-state index in [9.17, 15) is 5.11 Å². The predicted molar refractivity (Wildman–Crippen MR) is 51.9 cm³/mol. The highest BCUT2D eigenvalue weighted by atomic mass is 32.1. The minimum Gasteiger partial charge on any atom is -0.387 e. The molecule has 6 heteroatoms. The van der Waals surface area contributed by atoms with Crippen LogP contribution in [0.5, 0.6) is 0 Å². The maximum Gasteiger partial charge on any atom is 0.111 e. The number of hydrogen-bond donors (Lipinski definition) is 1. The van der Waals surface area contributed by atoms with E-state index in [1.165, 1.54) is 0 Å². The molecule has 0 aromatic carbocycles. The predicted octanol–water partition coefficient (Wildman–Crippen LogP) is 0.836. The van der Waals surface area contributed by atoms with E-state index < -0.39 is 6.10 Å². The first-order chi connectivity index (χ1) is 6.75. The minimum atomic E-state index is -0.570. The number of aliphatic hydroxyl groups excluding tert-OH is 1. The zero-order chi connectivity index (χ0) is 9.97. The zero-order valence-electron chi connectivity index (χ0n) is 7.66. The van der Waals surface area contributed by atoms with Gasteiger partial charge in [0.1, 0.15) is 5.69 Å². The number of nitrogens with zero attached hydrogens (tertiary/aromatic N) is 4. The largest absolute Gasteiger partial charge is 0.387 e. The second-order valence-electron chi connectivity index (χ2n) is 3.00. The van der Waals surface area contributed by atoms with Gasteiger partial charge in [-0.1, -0.05) is 5.21 Å². The summed E-state index contributed by atoms with van der Waals surface area (Å²) in [5.74, 6) is 0. The Morgan fingerprint density at radius 3 is 3.07 bits per heavy atom. The van der Waals surface area contributed by atoms with E-state index in [0.717, 1.165) is 5.69 Å². The molecule has 0 aliphatic heterocycles. The quantitative estimate of drug-likeness (QED) is 0.815. The molecule has 1 atom stereocenters. The van der Waals surface area contributed by atoms with Crippen molar-refractivity contribution in [2.45, 2.75) is 19.6 Å². The Morgan fingerprint density at radius 1 is 1.64 bits per heavy atom. The normalized spacial score (nSPS) is 13.0. The highest BCUT2D eigenvalue weighted by Crippen LogP contribution is 2.08. The monoisotopic (exact) mass is 210 g/mol. The Labute approximate surface area is 85.0 Å². The van der Waals surface area contributed by atoms with Gasteiger partial charge in [-0.3, -0.25) is 0 Å². The number of hydrogen-bond acceptors (Lipinski definition) is 5. The fourth-order valence-electron chi connectivity index (χ4n) is 1.06. The molecule has 0 saturated heterocycles. The molecule has 74 valence electrons. The summed E-state index contributed by atoms with van der Waals surface area (Å²) in [6.45, 7) is 2.26. The molecule has 2 aromatic heterocycles. The molecule has 2 aromatic rings. The van der Waals surface area contributed by atoms with Crippen LogP contribution >= 0.6 is 11.3 Å². The summed E-state index contributed by atoms with van der Waals surface area (Å²) >= 11 is 1.55. The Bertz CT molecular complexity index is 395. The molecule has 0 radical (unpaired) electrons. The molecule has 0 saturated carbocycles. The van der Waals surface area contributed by atoms with Crippen LogP contribution in [0.3, 0.4) is 0 Å². The highest BCUT2D eigenvalue weighted by Gasteiger charge is 2.06. The van der Waals surface area contributed by atoms with Gasteiger partial charge in [-0.05, 0) is 6.92 Å². The molecule has 14 heavy (non-hydrogen) atoms. The van der Waals surface area contributed by atoms with Crippen LogP contribution in [0.1, 0.15) is 24.4 Å². The topological polar surface area (TPSA) is 63.8 Å². The van der Waals surface area contributed by atoms with Crippen molar-refractivity contribution in [2.75, 3.05) is 0 Å². The van der Waals surface area contributed by atoms with Crippen molar-refractivity contribution in [3.8, 4) is 0 Å². The third-order valence-corrected chi connectivity index (χ3v) is 2.43. The lowest BCUT2D eigenvalue weighted by Gasteiger charge is -1.96. The Hall–Kier alpha value is -1.27. The lowest BCUT2D eigenvalue weighted by molar-refractivity contribution is 0.194. The Kier molecular flexibility index (Phi) is 2.55. The molecule has 5 nitrogen and oxygen atoms in total. The van der Waals surface area contributed by atoms with E-state index in [4.69, 9.17) is 0 Å². The molecule has 0 aliphatic carbocycles. The van der Waals surface area contributed by atoms with Gasteiger partial charge in [0, 0.05) is 5.38 Å². The summed E-state index contributed by atoms with van der Waals surface area (Å²) in [5.41, 5.74) is 3.32. The SMILES string of the molecule is CC(O)c1cn(Cc2cscn2)nn1. The van der Waals surface area contributed by atoms with E-state index in [1.54, 1.807) is 34.6 Å². The lowest BCUT2D eigenvalue weighted by Crippen LogP contribution is -2.00. The highest BCUT2D eigenvalue weighted by molar-refractivity contribution is 7.07. The van der Waals surface area contributed by atoms with Crippen molar-refractivity contribution in [1.29, 1.82) is 0 Å². The van der Waals surface area contributed by atoms with Gasteiger partial charge in [0.05, 0.1) is 30.1 Å². The third kappa shape index (κ3) is 1.97. The van der Waals surface area contributed by atoms with Gasteiger partial charge in [-0.25, -0.2) is 9.67 Å². The zero-order valence-corrected chi connectivity index (χ0v) is 8.48. The van der Waals surface area contributed by atoms with Crippen molar-refractivity contribution < 1.29 is 5.11 Å². The van der Waals surface area contributed by atoms with Crippen LogP contribution in [0, 0.1) is 0 Å². The van der Waals surface area contributed by atoms with Gasteiger partial charge < -0.3 is 5.11 Å². The van der Waals surface area contributed by atoms with Crippen molar-refractivity contribution in [3.63, 3.8) is 0 Å². The number of thiazole rings is 1. The summed E-state index contributed by atoms with van der Waals surface area (Å²) < 4.78 is 1.66. The maximum absolute atomic E-state index is 9.23. The molecule has 2 rings (SSSR count). The van der Waals surface area contributed by atoms with E-state index in [2.05, 4.69) is 15.3 Å². The first-order valence-corrected chi connectivity index (χ1v) is 5.15. The van der Waals surface area contributed by atoms with E-state index in [1.807, 2.05) is 5.38 Å². The average molecular weight is 210 g/mol. The molecule has 0 bridgehead atoms. The average Bonchev–Trinajstić information content (AvgIpc) is 2.75. The van der Waals surface area contributed by atoms with E-state index >= 15 is 0 Å². The van der Waals surface area contributed by atoms with Crippen LogP contribution in [0.15, 0.2) is 17.1 Å². The summed E-state index contributed by atoms with van der Waals surface area (Å²) in [7, 11) is 0. The summed E-state index contributed by atoms with van der Waals surface area (Å²) in [6.07, 6.45) is 1.16. The van der Waals surface area contributed by atoms with Crippen molar-refractivity contribution in [2.24, 2.45) is 0 Å². The fraction of sp³-hybridized carbons (Fsp3) is 0.375.